The highest BCUT2D eigenvalue weighted by molar-refractivity contribution is 5.09. The van der Waals surface area contributed by atoms with Gasteiger partial charge >= 0.3 is 12.4 Å². The lowest BCUT2D eigenvalue weighted by Gasteiger charge is -2.32. The molecule has 0 heterocycles. The summed E-state index contributed by atoms with van der Waals surface area (Å²) >= 11 is 0. The lowest BCUT2D eigenvalue weighted by Crippen LogP contribution is -2.56. The van der Waals surface area contributed by atoms with Crippen LogP contribution in [0.25, 0.3) is 0 Å². The van der Waals surface area contributed by atoms with E-state index in [-0.39, 0.29) is 12.8 Å². The molecule has 1 nitrogen and oxygen atoms in total. The van der Waals surface area contributed by atoms with Gasteiger partial charge in [0.15, 0.2) is 0 Å². The molecule has 3 atom stereocenters. The maximum atomic E-state index is 12.5. The molecule has 0 spiro atoms. The molecular weight excluding hydrogens is 298 g/mol. The van der Waals surface area contributed by atoms with Crippen LogP contribution in [0.3, 0.4) is 0 Å². The van der Waals surface area contributed by atoms with E-state index in [1.807, 2.05) is 0 Å². The minimum Gasteiger partial charge on any atom is -0.374 e. The van der Waals surface area contributed by atoms with Crippen molar-refractivity contribution < 1.29 is 31.4 Å². The fourth-order valence-corrected chi connectivity index (χ4v) is 3.46. The van der Waals surface area contributed by atoms with Gasteiger partial charge in [0.2, 0.25) is 0 Å². The van der Waals surface area contributed by atoms with Gasteiger partial charge in [-0.2, -0.15) is 26.3 Å². The number of allylic oxidation sites excluding steroid dienone is 2. The van der Waals surface area contributed by atoms with E-state index in [1.54, 1.807) is 0 Å². The summed E-state index contributed by atoms with van der Waals surface area (Å²) in [6, 6.07) is 0. The zero-order valence-corrected chi connectivity index (χ0v) is 11.3. The minimum atomic E-state index is -5.69. The van der Waals surface area contributed by atoms with E-state index in [0.29, 0.717) is 24.2 Å². The number of fused-ring (bicyclic) bond motifs is 2. The van der Waals surface area contributed by atoms with Gasteiger partial charge in [-0.1, -0.05) is 18.6 Å². The van der Waals surface area contributed by atoms with Gasteiger partial charge in [-0.25, -0.2) is 0 Å². The maximum absolute atomic E-state index is 12.5. The van der Waals surface area contributed by atoms with Gasteiger partial charge in [-0.15, -0.1) is 0 Å². The third kappa shape index (κ3) is 3.22. The largest absolute Gasteiger partial charge is 0.426 e. The molecule has 1 fully saturated rings. The number of unbranched alkanes of at least 4 members (excludes halogenated alkanes) is 1. The number of hydrogen-bond donors (Lipinski definition) is 1. The van der Waals surface area contributed by atoms with Gasteiger partial charge in [-0.3, -0.25) is 0 Å². The number of aliphatic hydroxyl groups is 1. The van der Waals surface area contributed by atoms with Crippen LogP contribution < -0.4 is 0 Å². The first kappa shape index (κ1) is 16.6. The van der Waals surface area contributed by atoms with Crippen molar-refractivity contribution in [2.75, 3.05) is 0 Å². The van der Waals surface area contributed by atoms with Crippen LogP contribution in [0, 0.1) is 17.8 Å². The van der Waals surface area contributed by atoms with Gasteiger partial charge in [0, 0.05) is 0 Å². The van der Waals surface area contributed by atoms with Crippen molar-refractivity contribution in [3.63, 3.8) is 0 Å². The Morgan fingerprint density at radius 2 is 1.52 bits per heavy atom. The lowest BCUT2D eigenvalue weighted by molar-refractivity contribution is -0.370. The maximum Gasteiger partial charge on any atom is 0.426 e. The standard InChI is InChI=1S/C14H18F6O/c15-13(16,17)12(21,14(18,19)20)6-2-1-3-10-7-9-4-5-11(10)8-9/h4-5,9-11,21H,1-3,6-8H2. The van der Waals surface area contributed by atoms with Crippen LogP contribution >= 0.6 is 0 Å². The molecule has 21 heavy (non-hydrogen) atoms. The molecule has 1 N–H and O–H groups in total. The Labute approximate surface area is 119 Å². The molecule has 7 heteroatoms. The molecule has 0 amide bonds. The van der Waals surface area contributed by atoms with Crippen LogP contribution in [0.4, 0.5) is 26.3 Å². The number of alkyl halides is 6. The van der Waals surface area contributed by atoms with Crippen LogP contribution in [0.1, 0.15) is 38.5 Å². The van der Waals surface area contributed by atoms with Crippen molar-refractivity contribution in [3.05, 3.63) is 12.2 Å². The van der Waals surface area contributed by atoms with Crippen LogP contribution in [0.5, 0.6) is 0 Å². The molecule has 2 bridgehead atoms. The van der Waals surface area contributed by atoms with Gasteiger partial charge in [0.25, 0.3) is 5.60 Å². The summed E-state index contributed by atoms with van der Waals surface area (Å²) < 4.78 is 74.8. The first-order chi connectivity index (χ1) is 9.54. The Morgan fingerprint density at radius 1 is 0.905 bits per heavy atom. The Morgan fingerprint density at radius 3 is 1.95 bits per heavy atom. The van der Waals surface area contributed by atoms with E-state index in [1.165, 1.54) is 0 Å². The molecule has 122 valence electrons. The van der Waals surface area contributed by atoms with Crippen LogP contribution in [0.15, 0.2) is 12.2 Å². The molecule has 0 saturated heterocycles. The summed E-state index contributed by atoms with van der Waals surface area (Å²) in [6.45, 7) is 0. The fourth-order valence-electron chi connectivity index (χ4n) is 3.46. The number of hydrogen-bond acceptors (Lipinski definition) is 1. The summed E-state index contributed by atoms with van der Waals surface area (Å²) in [5, 5.41) is 9.02. The summed E-state index contributed by atoms with van der Waals surface area (Å²) in [5.41, 5.74) is -4.59. The summed E-state index contributed by atoms with van der Waals surface area (Å²) in [4.78, 5) is 0. The molecule has 0 radical (unpaired) electrons. The third-order valence-corrected chi connectivity index (χ3v) is 4.72. The summed E-state index contributed by atoms with van der Waals surface area (Å²) in [5.74, 6) is 1.33. The zero-order chi connectivity index (χ0) is 15.9. The number of halogens is 6. The van der Waals surface area contributed by atoms with Crippen molar-refractivity contribution in [2.45, 2.75) is 56.5 Å². The molecule has 3 unspecified atom stereocenters. The molecular formula is C14H18F6O. The van der Waals surface area contributed by atoms with Crippen molar-refractivity contribution in [2.24, 2.45) is 17.8 Å². The van der Waals surface area contributed by atoms with Crippen LogP contribution in [0.2, 0.25) is 0 Å². The molecule has 2 rings (SSSR count). The quantitative estimate of drug-likeness (QED) is 0.446. The van der Waals surface area contributed by atoms with E-state index in [2.05, 4.69) is 12.2 Å². The second kappa shape index (κ2) is 5.48. The average molecular weight is 316 g/mol. The Hall–Kier alpha value is -0.720. The second-order valence-electron chi connectivity index (χ2n) is 6.14. The van der Waals surface area contributed by atoms with Gasteiger partial charge in [0.1, 0.15) is 0 Å². The van der Waals surface area contributed by atoms with Crippen molar-refractivity contribution >= 4 is 0 Å². The average Bonchev–Trinajstić information content (AvgIpc) is 2.93. The van der Waals surface area contributed by atoms with E-state index < -0.39 is 24.4 Å². The molecule has 2 aliphatic rings. The first-order valence-electron chi connectivity index (χ1n) is 7.09. The second-order valence-corrected chi connectivity index (χ2v) is 6.14. The summed E-state index contributed by atoms with van der Waals surface area (Å²) in [6.07, 6.45) is -5.84. The van der Waals surface area contributed by atoms with Crippen molar-refractivity contribution in [1.82, 2.24) is 0 Å². The lowest BCUT2D eigenvalue weighted by atomic mass is 9.87. The monoisotopic (exact) mass is 316 g/mol. The minimum absolute atomic E-state index is 0.274. The fraction of sp³-hybridized carbons (Fsp3) is 0.857. The molecule has 0 aliphatic heterocycles. The molecule has 0 aromatic rings. The first-order valence-corrected chi connectivity index (χ1v) is 7.09. The highest BCUT2D eigenvalue weighted by atomic mass is 19.4. The van der Waals surface area contributed by atoms with Gasteiger partial charge < -0.3 is 5.11 Å². The van der Waals surface area contributed by atoms with E-state index in [4.69, 9.17) is 5.11 Å². The molecule has 0 aromatic heterocycles. The van der Waals surface area contributed by atoms with Gasteiger partial charge in [-0.05, 0) is 49.9 Å². The predicted molar refractivity (Wildman–Crippen MR) is 64.4 cm³/mol. The third-order valence-electron chi connectivity index (χ3n) is 4.72. The molecule has 2 aliphatic carbocycles. The van der Waals surface area contributed by atoms with E-state index in [0.717, 1.165) is 12.8 Å². The number of rotatable bonds is 5. The van der Waals surface area contributed by atoms with Crippen LogP contribution in [-0.2, 0) is 0 Å². The summed E-state index contributed by atoms with van der Waals surface area (Å²) in [7, 11) is 0. The van der Waals surface area contributed by atoms with Crippen LogP contribution in [-0.4, -0.2) is 23.1 Å². The smallest absolute Gasteiger partial charge is 0.374 e. The normalized spacial score (nSPS) is 29.4. The molecule has 0 aromatic carbocycles. The zero-order valence-electron chi connectivity index (χ0n) is 11.3. The highest BCUT2D eigenvalue weighted by Crippen LogP contribution is 2.48. The Bertz CT molecular complexity index is 383. The van der Waals surface area contributed by atoms with E-state index >= 15 is 0 Å². The van der Waals surface area contributed by atoms with E-state index in [9.17, 15) is 26.3 Å². The predicted octanol–water partition coefficient (Wildman–Crippen LogP) is 4.61. The van der Waals surface area contributed by atoms with Crippen molar-refractivity contribution in [3.8, 4) is 0 Å². The molecule has 1 saturated carbocycles. The highest BCUT2D eigenvalue weighted by Gasteiger charge is 2.69. The SMILES string of the molecule is OC(CCCCC1CC2C=CC1C2)(C(F)(F)F)C(F)(F)F. The van der Waals surface area contributed by atoms with Gasteiger partial charge in [0.05, 0.1) is 0 Å². The Balaban J connectivity index is 1.82. The Kier molecular flexibility index (Phi) is 4.35. The van der Waals surface area contributed by atoms with Crippen molar-refractivity contribution in [1.29, 1.82) is 0 Å². The topological polar surface area (TPSA) is 20.2 Å².